The highest BCUT2D eigenvalue weighted by Gasteiger charge is 2.15. The Kier molecular flexibility index (Phi) is 6.54. The first-order chi connectivity index (χ1) is 17.0. The fraction of sp³-hybridized carbons (Fsp3) is 0.0800. The van der Waals surface area contributed by atoms with Crippen molar-refractivity contribution in [2.45, 2.75) is 13.3 Å². The van der Waals surface area contributed by atoms with Gasteiger partial charge in [0.25, 0.3) is 11.5 Å². The van der Waals surface area contributed by atoms with Gasteiger partial charge in [-0.15, -0.1) is 5.10 Å². The van der Waals surface area contributed by atoms with Gasteiger partial charge in [0.05, 0.1) is 11.6 Å². The number of carbonyl (C=O) groups is 1. The van der Waals surface area contributed by atoms with E-state index in [9.17, 15) is 9.59 Å². The minimum atomic E-state index is -0.619. The van der Waals surface area contributed by atoms with Gasteiger partial charge in [-0.25, -0.2) is 9.50 Å². The highest BCUT2D eigenvalue weighted by atomic mass is 16.4. The van der Waals surface area contributed by atoms with Crippen molar-refractivity contribution in [3.05, 3.63) is 100 Å². The second kappa shape index (κ2) is 9.87. The van der Waals surface area contributed by atoms with E-state index in [-0.39, 0.29) is 16.9 Å². The number of carbonyl (C=O) groups excluding carboxylic acids is 1. The fourth-order valence-electron chi connectivity index (χ4n) is 3.87. The molecule has 10 nitrogen and oxygen atoms in total. The van der Waals surface area contributed by atoms with Gasteiger partial charge in [-0.2, -0.15) is 0 Å². The van der Waals surface area contributed by atoms with Crippen molar-refractivity contribution >= 4 is 34.4 Å². The van der Waals surface area contributed by atoms with E-state index in [0.717, 1.165) is 23.2 Å². The predicted molar refractivity (Wildman–Crippen MR) is 134 cm³/mol. The number of aromatic nitrogens is 4. The molecule has 0 atom stereocenters. The molecule has 0 aliphatic heterocycles. The molecule has 176 valence electrons. The number of anilines is 1. The molecule has 3 aromatic heterocycles. The number of primary amides is 1. The van der Waals surface area contributed by atoms with Crippen LogP contribution in [0.4, 0.5) is 5.82 Å². The van der Waals surface area contributed by atoms with E-state index in [4.69, 9.17) is 16.7 Å². The number of oxime groups is 1. The van der Waals surface area contributed by atoms with Crippen LogP contribution in [0.2, 0.25) is 0 Å². The molecule has 5 aromatic rings. The Morgan fingerprint density at radius 2 is 1.91 bits per heavy atom. The van der Waals surface area contributed by atoms with Gasteiger partial charge < -0.3 is 16.7 Å². The largest absolute Gasteiger partial charge is 0.411 e. The second-order valence-corrected chi connectivity index (χ2v) is 7.53. The van der Waals surface area contributed by atoms with Crippen molar-refractivity contribution in [2.24, 2.45) is 10.9 Å². The zero-order valence-electron chi connectivity index (χ0n) is 18.9. The minimum absolute atomic E-state index is 0.101. The molecule has 0 saturated heterocycles. The van der Waals surface area contributed by atoms with Crippen LogP contribution < -0.4 is 17.0 Å². The van der Waals surface area contributed by atoms with Gasteiger partial charge in [-0.1, -0.05) is 48.5 Å². The Balaban J connectivity index is 0.000000189. The number of nitrogens with two attached hydrogens (primary N) is 2. The summed E-state index contributed by atoms with van der Waals surface area (Å²) in [7, 11) is 0. The topological polar surface area (TPSA) is 154 Å². The summed E-state index contributed by atoms with van der Waals surface area (Å²) in [5.74, 6) is -0.516. The van der Waals surface area contributed by atoms with E-state index >= 15 is 0 Å². The third-order valence-corrected chi connectivity index (χ3v) is 5.40. The van der Waals surface area contributed by atoms with E-state index in [2.05, 4.69) is 15.2 Å². The van der Waals surface area contributed by atoms with Crippen molar-refractivity contribution in [2.75, 3.05) is 5.73 Å². The lowest BCUT2D eigenvalue weighted by Crippen LogP contribution is -2.22. The van der Waals surface area contributed by atoms with Crippen molar-refractivity contribution in [1.82, 2.24) is 19.2 Å². The summed E-state index contributed by atoms with van der Waals surface area (Å²) in [4.78, 5) is 27.9. The van der Waals surface area contributed by atoms with Crippen LogP contribution in [0.3, 0.4) is 0 Å². The van der Waals surface area contributed by atoms with Crippen LogP contribution in [0.25, 0.3) is 22.1 Å². The SMILES string of the molecule is CCc1cc2cccc(/C=N\O)c2c(=O)n1-c1ccccc1.NC(=O)c1c(N)nn2cccnc12. The number of nitrogens with zero attached hydrogens (tertiary/aromatic N) is 5. The second-order valence-electron chi connectivity index (χ2n) is 7.53. The zero-order chi connectivity index (χ0) is 24.9. The maximum Gasteiger partial charge on any atom is 0.263 e. The number of benzene rings is 2. The molecule has 35 heavy (non-hydrogen) atoms. The molecule has 0 aliphatic carbocycles. The lowest BCUT2D eigenvalue weighted by molar-refractivity contribution is 0.100. The quantitative estimate of drug-likeness (QED) is 0.209. The average Bonchev–Trinajstić information content (AvgIpc) is 3.21. The number of amides is 1. The zero-order valence-corrected chi connectivity index (χ0v) is 18.9. The van der Waals surface area contributed by atoms with Crippen molar-refractivity contribution < 1.29 is 10.0 Å². The molecular formula is C25H23N7O3. The lowest BCUT2D eigenvalue weighted by atomic mass is 10.0. The highest BCUT2D eigenvalue weighted by molar-refractivity contribution is 6.03. The third-order valence-electron chi connectivity index (χ3n) is 5.40. The Morgan fingerprint density at radius 3 is 2.60 bits per heavy atom. The summed E-state index contributed by atoms with van der Waals surface area (Å²) in [6.45, 7) is 2.03. The van der Waals surface area contributed by atoms with E-state index in [1.807, 2.05) is 55.5 Å². The number of hydrogen-bond acceptors (Lipinski definition) is 7. The summed E-state index contributed by atoms with van der Waals surface area (Å²) < 4.78 is 3.13. The number of para-hydroxylation sites is 1. The first-order valence-corrected chi connectivity index (χ1v) is 10.7. The van der Waals surface area contributed by atoms with Gasteiger partial charge >= 0.3 is 0 Å². The van der Waals surface area contributed by atoms with Gasteiger partial charge in [-0.05, 0) is 36.1 Å². The summed E-state index contributed by atoms with van der Waals surface area (Å²) in [6.07, 6.45) is 5.23. The van der Waals surface area contributed by atoms with Gasteiger partial charge in [0.15, 0.2) is 11.5 Å². The lowest BCUT2D eigenvalue weighted by Gasteiger charge is -2.14. The molecule has 0 saturated carbocycles. The molecule has 10 heteroatoms. The molecule has 0 spiro atoms. The van der Waals surface area contributed by atoms with E-state index in [1.54, 1.807) is 29.1 Å². The van der Waals surface area contributed by atoms with Crippen LogP contribution in [0, 0.1) is 0 Å². The number of rotatable bonds is 4. The smallest absolute Gasteiger partial charge is 0.263 e. The van der Waals surface area contributed by atoms with E-state index < -0.39 is 5.91 Å². The molecule has 0 unspecified atom stereocenters. The predicted octanol–water partition coefficient (Wildman–Crippen LogP) is 2.77. The maximum atomic E-state index is 13.0. The number of aryl methyl sites for hydroxylation is 1. The molecular weight excluding hydrogens is 446 g/mol. The number of fused-ring (bicyclic) bond motifs is 2. The third kappa shape index (κ3) is 4.44. The first-order valence-electron chi connectivity index (χ1n) is 10.7. The van der Waals surface area contributed by atoms with Gasteiger partial charge in [-0.3, -0.25) is 14.2 Å². The maximum absolute atomic E-state index is 13.0. The molecule has 3 heterocycles. The van der Waals surface area contributed by atoms with Crippen LogP contribution in [-0.4, -0.2) is 36.5 Å². The summed E-state index contributed by atoms with van der Waals surface area (Å²) >= 11 is 0. The molecule has 0 aliphatic rings. The van der Waals surface area contributed by atoms with Gasteiger partial charge in [0.2, 0.25) is 0 Å². The monoisotopic (exact) mass is 469 g/mol. The Morgan fingerprint density at radius 1 is 1.14 bits per heavy atom. The van der Waals surface area contributed by atoms with Crippen LogP contribution in [-0.2, 0) is 6.42 Å². The van der Waals surface area contributed by atoms with Crippen molar-refractivity contribution in [3.63, 3.8) is 0 Å². The molecule has 5 N–H and O–H groups in total. The number of nitrogen functional groups attached to an aromatic ring is 1. The summed E-state index contributed by atoms with van der Waals surface area (Å²) in [5, 5.41) is 17.2. The van der Waals surface area contributed by atoms with Crippen molar-refractivity contribution in [3.8, 4) is 5.69 Å². The van der Waals surface area contributed by atoms with Crippen molar-refractivity contribution in [1.29, 1.82) is 0 Å². The first kappa shape index (κ1) is 23.2. The Bertz CT molecular complexity index is 1600. The molecule has 2 aromatic carbocycles. The van der Waals surface area contributed by atoms with E-state index in [0.29, 0.717) is 16.6 Å². The normalized spacial score (nSPS) is 11.0. The fourth-order valence-corrected chi connectivity index (χ4v) is 3.87. The van der Waals surface area contributed by atoms with Crippen LogP contribution in [0.1, 0.15) is 28.5 Å². The number of hydrogen-bond donors (Lipinski definition) is 3. The molecule has 0 radical (unpaired) electrons. The summed E-state index contributed by atoms with van der Waals surface area (Å²) in [5.41, 5.74) is 13.4. The Labute approximate surface area is 199 Å². The highest BCUT2D eigenvalue weighted by Crippen LogP contribution is 2.19. The molecule has 1 amide bonds. The molecule has 0 fully saturated rings. The van der Waals surface area contributed by atoms with Crippen LogP contribution in [0.15, 0.2) is 83.0 Å². The van der Waals surface area contributed by atoms with Gasteiger partial charge in [0, 0.05) is 29.3 Å². The molecule has 5 rings (SSSR count). The van der Waals surface area contributed by atoms with Crippen LogP contribution in [0.5, 0.6) is 0 Å². The minimum Gasteiger partial charge on any atom is -0.411 e. The average molecular weight is 470 g/mol. The van der Waals surface area contributed by atoms with Crippen LogP contribution >= 0.6 is 0 Å². The standard InChI is InChI=1S/C18H16N2O2.C7H7N5O/c1-2-15-11-13-7-6-8-14(12-19-22)17(13)18(21)20(15)16-9-4-3-5-10-16;8-5-4(6(9)13)7-10-2-1-3-12(7)11-5/h3-12,22H,2H2,1H3;1-3H,(H2,8,11)(H2,9,13)/b19-12-;. The summed E-state index contributed by atoms with van der Waals surface area (Å²) in [6, 6.07) is 18.8. The van der Waals surface area contributed by atoms with Gasteiger partial charge in [0.1, 0.15) is 5.56 Å². The Hall–Kier alpha value is -4.99. The molecule has 0 bridgehead atoms. The number of pyridine rings is 1. The van der Waals surface area contributed by atoms with E-state index in [1.165, 1.54) is 10.7 Å².